The minimum Gasteiger partial charge on any atom is -0.508 e. The second-order valence-corrected chi connectivity index (χ2v) is 12.8. The molecule has 4 N–H and O–H groups in total. The number of hydrogen-bond donors (Lipinski definition) is 4. The summed E-state index contributed by atoms with van der Waals surface area (Å²) in [5.74, 6) is -1.24. The normalized spacial score (nSPS) is 18.5. The zero-order chi connectivity index (χ0) is 32.6. The van der Waals surface area contributed by atoms with Crippen LogP contribution in [0.25, 0.3) is 0 Å². The zero-order valence-corrected chi connectivity index (χ0v) is 25.5. The number of carbonyl (C=O) groups excluding carboxylic acids is 2. The van der Waals surface area contributed by atoms with Crippen LogP contribution in [0.15, 0.2) is 83.8 Å². The van der Waals surface area contributed by atoms with Crippen molar-refractivity contribution in [1.82, 2.24) is 14.9 Å². The first-order valence-corrected chi connectivity index (χ1v) is 16.1. The molecule has 0 aliphatic heterocycles. The molecule has 0 saturated heterocycles. The molecule has 0 radical (unpaired) electrons. The van der Waals surface area contributed by atoms with Crippen molar-refractivity contribution in [2.75, 3.05) is 6.61 Å². The fourth-order valence-corrected chi connectivity index (χ4v) is 6.55. The fraction of sp³-hybridized carbons (Fsp3) is 0.355. The summed E-state index contributed by atoms with van der Waals surface area (Å²) in [4.78, 5) is 28.3. The van der Waals surface area contributed by atoms with E-state index in [0.29, 0.717) is 31.2 Å². The number of benzene rings is 3. The number of sulfonamides is 1. The highest BCUT2D eigenvalue weighted by atomic mass is 35.5. The summed E-state index contributed by atoms with van der Waals surface area (Å²) in [5, 5.41) is 12.4. The van der Waals surface area contributed by atoms with Crippen LogP contribution in [0.2, 0.25) is 0 Å². The summed E-state index contributed by atoms with van der Waals surface area (Å²) in [5.41, 5.74) is 0.514. The Bertz CT molecular complexity index is 1530. The lowest BCUT2D eigenvalue weighted by Gasteiger charge is -2.30. The highest BCUT2D eigenvalue weighted by Gasteiger charge is 2.33. The highest BCUT2D eigenvalue weighted by Crippen LogP contribution is 2.31. The number of aromatic hydroxyl groups is 1. The van der Waals surface area contributed by atoms with E-state index in [1.165, 1.54) is 12.1 Å². The maximum absolute atomic E-state index is 13.3. The van der Waals surface area contributed by atoms with E-state index < -0.39 is 51.8 Å². The lowest BCUT2D eigenvalue weighted by atomic mass is 9.85. The van der Waals surface area contributed by atoms with E-state index in [4.69, 9.17) is 16.5 Å². The Morgan fingerprint density at radius 3 is 2.13 bits per heavy atom. The number of halogens is 4. The molecule has 3 aromatic carbocycles. The Morgan fingerprint density at radius 1 is 0.933 bits per heavy atom. The first kappa shape index (κ1) is 34.2. The standard InChI is InChI=1S/C31H33ClF3N3O6S/c32-37-27(18-20-6-14-25(39)15-7-20)30(41)44-19-28(21-4-2-1-3-5-21)36-29(40)22-8-12-24(13-9-22)38-45(42,43)26-16-10-23(11-17-26)31(33,34)35/h1-7,10-11,14-17,22,24,27-28,37-39H,8-9,12-13,18-19H2,(H,36,40)/t22-,24-,27-,28+/m0/s1. The second-order valence-electron chi connectivity index (χ2n) is 10.8. The molecular weight excluding hydrogens is 635 g/mol. The molecule has 242 valence electrons. The van der Waals surface area contributed by atoms with Gasteiger partial charge in [-0.2, -0.15) is 13.2 Å². The van der Waals surface area contributed by atoms with Gasteiger partial charge in [-0.1, -0.05) is 42.5 Å². The summed E-state index contributed by atoms with van der Waals surface area (Å²) >= 11 is 5.82. The van der Waals surface area contributed by atoms with Crippen LogP contribution in [0.4, 0.5) is 13.2 Å². The average Bonchev–Trinajstić information content (AvgIpc) is 3.02. The average molecular weight is 668 g/mol. The van der Waals surface area contributed by atoms with Gasteiger partial charge in [0.05, 0.1) is 16.5 Å². The number of esters is 1. The summed E-state index contributed by atoms with van der Waals surface area (Å²) in [6.45, 7) is -0.165. The van der Waals surface area contributed by atoms with Crippen LogP contribution in [0.1, 0.15) is 48.4 Å². The largest absolute Gasteiger partial charge is 0.508 e. The number of phenolic OH excluding ortho intramolecular Hbond substituents is 1. The molecule has 1 amide bonds. The summed E-state index contributed by atoms with van der Waals surface area (Å²) in [7, 11) is -4.05. The van der Waals surface area contributed by atoms with Gasteiger partial charge < -0.3 is 15.2 Å². The van der Waals surface area contributed by atoms with Gasteiger partial charge in [-0.3, -0.25) is 9.59 Å². The van der Waals surface area contributed by atoms with Gasteiger partial charge in [0.15, 0.2) is 0 Å². The summed E-state index contributed by atoms with van der Waals surface area (Å²) in [6.07, 6.45) is -2.92. The molecule has 0 spiro atoms. The van der Waals surface area contributed by atoms with Gasteiger partial charge in [0, 0.05) is 12.0 Å². The van der Waals surface area contributed by atoms with E-state index in [1.807, 2.05) is 6.07 Å². The summed E-state index contributed by atoms with van der Waals surface area (Å²) in [6, 6.07) is 16.5. The topological polar surface area (TPSA) is 134 Å². The van der Waals surface area contributed by atoms with Crippen molar-refractivity contribution in [3.8, 4) is 5.75 Å². The number of rotatable bonds is 12. The number of phenols is 1. The van der Waals surface area contributed by atoms with E-state index in [-0.39, 0.29) is 29.6 Å². The molecule has 1 saturated carbocycles. The molecule has 0 unspecified atom stereocenters. The van der Waals surface area contributed by atoms with Crippen molar-refractivity contribution in [3.05, 3.63) is 95.6 Å². The molecular formula is C31H33ClF3N3O6S. The molecule has 0 bridgehead atoms. The summed E-state index contributed by atoms with van der Waals surface area (Å²) < 4.78 is 72.1. The van der Waals surface area contributed by atoms with Gasteiger partial charge >= 0.3 is 12.1 Å². The van der Waals surface area contributed by atoms with Crippen LogP contribution < -0.4 is 14.9 Å². The lowest BCUT2D eigenvalue weighted by Crippen LogP contribution is -2.42. The SMILES string of the molecule is O=C(OC[C@@H](NC(=O)[C@H]1CC[C@H](NS(=O)(=O)c2ccc(C(F)(F)F)cc2)CC1)c1ccccc1)[C@H](Cc1ccc(O)cc1)NCl. The van der Waals surface area contributed by atoms with Gasteiger partial charge in [0.25, 0.3) is 0 Å². The highest BCUT2D eigenvalue weighted by molar-refractivity contribution is 7.89. The van der Waals surface area contributed by atoms with Crippen molar-refractivity contribution in [2.24, 2.45) is 5.92 Å². The monoisotopic (exact) mass is 667 g/mol. The third kappa shape index (κ3) is 9.67. The second kappa shape index (κ2) is 15.1. The predicted octanol–water partition coefficient (Wildman–Crippen LogP) is 5.00. The van der Waals surface area contributed by atoms with Crippen molar-refractivity contribution in [1.29, 1.82) is 0 Å². The minimum atomic E-state index is -4.58. The molecule has 0 aromatic heterocycles. The number of alkyl halides is 3. The predicted molar refractivity (Wildman–Crippen MR) is 160 cm³/mol. The van der Waals surface area contributed by atoms with Crippen LogP contribution >= 0.6 is 11.8 Å². The molecule has 1 aliphatic rings. The number of nitrogens with one attached hydrogen (secondary N) is 3. The lowest BCUT2D eigenvalue weighted by molar-refractivity contribution is -0.147. The quantitative estimate of drug-likeness (QED) is 0.158. The maximum atomic E-state index is 13.3. The third-order valence-electron chi connectivity index (χ3n) is 7.61. The molecule has 3 aromatic rings. The Morgan fingerprint density at radius 2 is 1.56 bits per heavy atom. The molecule has 0 heterocycles. The molecule has 1 fully saturated rings. The van der Waals surface area contributed by atoms with Crippen molar-refractivity contribution >= 4 is 33.7 Å². The van der Waals surface area contributed by atoms with Crippen LogP contribution in [-0.4, -0.2) is 44.1 Å². The Balaban J connectivity index is 1.32. The Labute approximate surface area is 264 Å². The maximum Gasteiger partial charge on any atom is 0.416 e. The third-order valence-corrected chi connectivity index (χ3v) is 9.41. The smallest absolute Gasteiger partial charge is 0.416 e. The zero-order valence-electron chi connectivity index (χ0n) is 24.0. The van der Waals surface area contributed by atoms with E-state index in [0.717, 1.165) is 29.8 Å². The van der Waals surface area contributed by atoms with E-state index >= 15 is 0 Å². The van der Waals surface area contributed by atoms with Crippen LogP contribution in [0, 0.1) is 5.92 Å². The van der Waals surface area contributed by atoms with Crippen molar-refractivity contribution in [3.63, 3.8) is 0 Å². The Kier molecular flexibility index (Phi) is 11.5. The first-order chi connectivity index (χ1) is 21.4. The van der Waals surface area contributed by atoms with Crippen LogP contribution in [-0.2, 0) is 36.9 Å². The van der Waals surface area contributed by atoms with Gasteiger partial charge in [0.1, 0.15) is 18.4 Å². The van der Waals surface area contributed by atoms with E-state index in [2.05, 4.69) is 14.9 Å². The van der Waals surface area contributed by atoms with Crippen LogP contribution in [0.3, 0.4) is 0 Å². The Hall–Kier alpha value is -3.65. The number of ether oxygens (including phenoxy) is 1. The number of amides is 1. The molecule has 2 atom stereocenters. The minimum absolute atomic E-state index is 0.0890. The molecule has 14 heteroatoms. The van der Waals surface area contributed by atoms with Gasteiger partial charge in [-0.15, -0.1) is 0 Å². The molecule has 4 rings (SSSR count). The first-order valence-electron chi connectivity index (χ1n) is 14.2. The van der Waals surface area contributed by atoms with Gasteiger partial charge in [-0.25, -0.2) is 18.0 Å². The number of carbonyl (C=O) groups is 2. The number of hydrogen-bond acceptors (Lipinski definition) is 7. The van der Waals surface area contributed by atoms with E-state index in [9.17, 15) is 36.3 Å². The van der Waals surface area contributed by atoms with Crippen LogP contribution in [0.5, 0.6) is 5.75 Å². The van der Waals surface area contributed by atoms with Crippen molar-refractivity contribution < 1.29 is 41.0 Å². The van der Waals surface area contributed by atoms with Gasteiger partial charge in [-0.05, 0) is 91.4 Å². The molecule has 1 aliphatic carbocycles. The fourth-order valence-electron chi connectivity index (χ4n) is 5.08. The van der Waals surface area contributed by atoms with Gasteiger partial charge in [0.2, 0.25) is 15.9 Å². The molecule has 9 nitrogen and oxygen atoms in total. The molecule has 45 heavy (non-hydrogen) atoms. The van der Waals surface area contributed by atoms with E-state index in [1.54, 1.807) is 36.4 Å². The van der Waals surface area contributed by atoms with Crippen molar-refractivity contribution in [2.45, 2.75) is 61.3 Å².